The Bertz CT molecular complexity index is 343. The molecule has 14 heavy (non-hydrogen) atoms. The molecule has 2 N–H and O–H groups in total. The molecule has 0 saturated heterocycles. The molecular formula is C8H9BBrNO3. The summed E-state index contributed by atoms with van der Waals surface area (Å²) in [6.07, 6.45) is 3.83. The van der Waals surface area contributed by atoms with Gasteiger partial charge in [0.2, 0.25) is 5.88 Å². The number of rotatable bonds is 3. The van der Waals surface area contributed by atoms with Crippen LogP contribution in [0.25, 0.3) is 0 Å². The van der Waals surface area contributed by atoms with Gasteiger partial charge in [-0.3, -0.25) is 0 Å². The quantitative estimate of drug-likeness (QED) is 0.753. The van der Waals surface area contributed by atoms with Gasteiger partial charge in [-0.05, 0) is 12.8 Å². The zero-order chi connectivity index (χ0) is 10.1. The number of aromatic nitrogens is 1. The number of ether oxygens (including phenoxy) is 1. The van der Waals surface area contributed by atoms with E-state index in [0.29, 0.717) is 21.9 Å². The van der Waals surface area contributed by atoms with Gasteiger partial charge in [0.1, 0.15) is 6.10 Å². The zero-order valence-corrected chi connectivity index (χ0v) is 8.94. The Hall–Kier alpha value is -0.585. The summed E-state index contributed by atoms with van der Waals surface area (Å²) in [4.78, 5) is 3.97. The Morgan fingerprint density at radius 2 is 2.21 bits per heavy atom. The predicted octanol–water partition coefficient (Wildman–Crippen LogP) is 0.0651. The normalized spacial score (nSPS) is 15.4. The minimum Gasteiger partial charge on any atom is -0.474 e. The van der Waals surface area contributed by atoms with Crippen molar-refractivity contribution < 1.29 is 14.8 Å². The van der Waals surface area contributed by atoms with Crippen molar-refractivity contribution in [1.82, 2.24) is 4.98 Å². The summed E-state index contributed by atoms with van der Waals surface area (Å²) in [6.45, 7) is 0. The van der Waals surface area contributed by atoms with Gasteiger partial charge in [-0.2, -0.15) is 0 Å². The van der Waals surface area contributed by atoms with E-state index < -0.39 is 7.12 Å². The number of halogens is 1. The molecule has 6 heteroatoms. The van der Waals surface area contributed by atoms with Crippen molar-refractivity contribution in [1.29, 1.82) is 0 Å². The first kappa shape index (κ1) is 9.95. The van der Waals surface area contributed by atoms with Crippen LogP contribution in [-0.4, -0.2) is 28.3 Å². The molecule has 0 radical (unpaired) electrons. The Balaban J connectivity index is 2.16. The highest BCUT2D eigenvalue weighted by atomic mass is 79.9. The molecule has 1 aromatic rings. The topological polar surface area (TPSA) is 62.6 Å². The minimum absolute atomic E-state index is 0.291. The highest BCUT2D eigenvalue weighted by Gasteiger charge is 2.24. The van der Waals surface area contributed by atoms with Crippen LogP contribution in [0.1, 0.15) is 12.8 Å². The number of nitrogens with zero attached hydrogens (tertiary/aromatic N) is 1. The van der Waals surface area contributed by atoms with E-state index in [2.05, 4.69) is 20.9 Å². The van der Waals surface area contributed by atoms with Crippen LogP contribution in [0.2, 0.25) is 0 Å². The van der Waals surface area contributed by atoms with Gasteiger partial charge in [0.15, 0.2) is 0 Å². The Labute approximate surface area is 90.2 Å². The maximum Gasteiger partial charge on any atom is 0.491 e. The smallest absolute Gasteiger partial charge is 0.474 e. The molecule has 0 aliphatic heterocycles. The van der Waals surface area contributed by atoms with Gasteiger partial charge in [-0.1, -0.05) is 15.9 Å². The highest BCUT2D eigenvalue weighted by molar-refractivity contribution is 9.10. The molecule has 1 aromatic heterocycles. The third-order valence-corrected chi connectivity index (χ3v) is 2.63. The lowest BCUT2D eigenvalue weighted by molar-refractivity contribution is 0.291. The van der Waals surface area contributed by atoms with Crippen molar-refractivity contribution in [2.24, 2.45) is 0 Å². The highest BCUT2D eigenvalue weighted by Crippen LogP contribution is 2.26. The molecular weight excluding hydrogens is 249 g/mol. The van der Waals surface area contributed by atoms with Crippen LogP contribution in [0.3, 0.4) is 0 Å². The van der Waals surface area contributed by atoms with Gasteiger partial charge in [-0.25, -0.2) is 4.98 Å². The van der Waals surface area contributed by atoms with Crippen LogP contribution in [0.15, 0.2) is 16.7 Å². The van der Waals surface area contributed by atoms with E-state index in [9.17, 15) is 0 Å². The number of pyridine rings is 1. The van der Waals surface area contributed by atoms with Gasteiger partial charge >= 0.3 is 7.12 Å². The summed E-state index contributed by atoms with van der Waals surface area (Å²) in [5, 5.41) is 17.9. The van der Waals surface area contributed by atoms with Crippen molar-refractivity contribution >= 4 is 28.5 Å². The summed E-state index contributed by atoms with van der Waals surface area (Å²) in [5.41, 5.74) is 0.341. The summed E-state index contributed by atoms with van der Waals surface area (Å²) < 4.78 is 6.03. The maximum atomic E-state index is 8.93. The van der Waals surface area contributed by atoms with Crippen LogP contribution in [0.4, 0.5) is 0 Å². The fourth-order valence-corrected chi connectivity index (χ4v) is 1.54. The van der Waals surface area contributed by atoms with Gasteiger partial charge in [-0.15, -0.1) is 0 Å². The Kier molecular flexibility index (Phi) is 2.76. The largest absolute Gasteiger partial charge is 0.491 e. The Morgan fingerprint density at radius 3 is 2.71 bits per heavy atom. The predicted molar refractivity (Wildman–Crippen MR) is 55.4 cm³/mol. The first-order valence-electron chi connectivity index (χ1n) is 4.35. The van der Waals surface area contributed by atoms with Crippen molar-refractivity contribution in [2.45, 2.75) is 18.9 Å². The van der Waals surface area contributed by atoms with E-state index in [1.165, 1.54) is 6.20 Å². The summed E-state index contributed by atoms with van der Waals surface area (Å²) in [5.74, 6) is 0.517. The average Bonchev–Trinajstić information content (AvgIpc) is 2.87. The van der Waals surface area contributed by atoms with Crippen LogP contribution in [0, 0.1) is 0 Å². The molecule has 4 nitrogen and oxygen atoms in total. The lowest BCUT2D eigenvalue weighted by Crippen LogP contribution is -2.31. The van der Waals surface area contributed by atoms with Gasteiger partial charge in [0.25, 0.3) is 0 Å². The fourth-order valence-electron chi connectivity index (χ4n) is 1.03. The molecule has 0 aromatic carbocycles. The summed E-state index contributed by atoms with van der Waals surface area (Å²) in [6, 6.07) is 1.65. The second kappa shape index (κ2) is 3.88. The maximum absolute atomic E-state index is 8.93. The van der Waals surface area contributed by atoms with Crippen molar-refractivity contribution in [3.8, 4) is 5.88 Å². The zero-order valence-electron chi connectivity index (χ0n) is 7.35. The molecule has 0 bridgehead atoms. The van der Waals surface area contributed by atoms with Gasteiger partial charge < -0.3 is 14.8 Å². The first-order valence-corrected chi connectivity index (χ1v) is 5.14. The number of hydrogen-bond acceptors (Lipinski definition) is 4. The lowest BCUT2D eigenvalue weighted by Gasteiger charge is -2.06. The van der Waals surface area contributed by atoms with E-state index in [1.54, 1.807) is 6.07 Å². The number of hydrogen-bond donors (Lipinski definition) is 2. The first-order chi connectivity index (χ1) is 6.66. The van der Waals surface area contributed by atoms with Gasteiger partial charge in [0.05, 0.1) is 0 Å². The van der Waals surface area contributed by atoms with Crippen molar-refractivity contribution in [2.75, 3.05) is 0 Å². The molecule has 1 aliphatic rings. The molecule has 0 atom stereocenters. The average molecular weight is 258 g/mol. The van der Waals surface area contributed by atoms with E-state index in [4.69, 9.17) is 14.8 Å². The molecule has 0 unspecified atom stereocenters. The van der Waals surface area contributed by atoms with Gasteiger partial charge in [0, 0.05) is 22.2 Å². The van der Waals surface area contributed by atoms with Crippen LogP contribution in [-0.2, 0) is 0 Å². The molecule has 1 saturated carbocycles. The fraction of sp³-hybridized carbons (Fsp3) is 0.375. The summed E-state index contributed by atoms with van der Waals surface area (Å²) >= 11 is 3.22. The summed E-state index contributed by atoms with van der Waals surface area (Å²) in [7, 11) is -1.51. The van der Waals surface area contributed by atoms with E-state index in [-0.39, 0.29) is 0 Å². The molecule has 0 spiro atoms. The lowest BCUT2D eigenvalue weighted by atomic mass is 9.82. The minimum atomic E-state index is -1.51. The molecule has 2 rings (SSSR count). The Morgan fingerprint density at radius 1 is 1.50 bits per heavy atom. The second-order valence-electron chi connectivity index (χ2n) is 3.23. The third kappa shape index (κ3) is 2.26. The van der Waals surface area contributed by atoms with Crippen molar-refractivity contribution in [3.63, 3.8) is 0 Å². The molecule has 1 aliphatic carbocycles. The molecule has 1 heterocycles. The van der Waals surface area contributed by atoms with E-state index >= 15 is 0 Å². The van der Waals surface area contributed by atoms with Crippen LogP contribution in [0.5, 0.6) is 5.88 Å². The SMILES string of the molecule is OB(O)c1cnc(OC2CC2)cc1Br. The van der Waals surface area contributed by atoms with E-state index in [1.807, 2.05) is 0 Å². The molecule has 1 fully saturated rings. The third-order valence-electron chi connectivity index (χ3n) is 1.95. The van der Waals surface area contributed by atoms with Crippen LogP contribution >= 0.6 is 15.9 Å². The molecule has 74 valence electrons. The second-order valence-corrected chi connectivity index (χ2v) is 4.09. The monoisotopic (exact) mass is 257 g/mol. The van der Waals surface area contributed by atoms with Crippen LogP contribution < -0.4 is 10.2 Å². The van der Waals surface area contributed by atoms with E-state index in [0.717, 1.165) is 12.8 Å². The van der Waals surface area contributed by atoms with Crippen molar-refractivity contribution in [3.05, 3.63) is 16.7 Å². The standard InChI is InChI=1S/C8H9BBrNO3/c10-7-3-8(14-5-1-2-5)11-4-6(7)9(12)13/h3-5,12-13H,1-2H2. The molecule has 0 amide bonds.